The number of hydrogen-bond acceptors (Lipinski definition) is 4. The molecule has 4 nitrogen and oxygen atoms in total. The highest BCUT2D eigenvalue weighted by molar-refractivity contribution is 7.91. The van der Waals surface area contributed by atoms with Crippen LogP contribution in [0.3, 0.4) is 0 Å². The van der Waals surface area contributed by atoms with Crippen molar-refractivity contribution in [2.24, 2.45) is 0 Å². The zero-order valence-corrected chi connectivity index (χ0v) is 12.9. The molecular weight excluding hydrogens is 274 g/mol. The van der Waals surface area contributed by atoms with Crippen molar-refractivity contribution in [2.45, 2.75) is 49.6 Å². The normalized spacial score (nSPS) is 22.9. The minimum atomic E-state index is -3.12. The van der Waals surface area contributed by atoms with E-state index in [1.165, 1.54) is 6.42 Å². The third-order valence-electron chi connectivity index (χ3n) is 3.79. The molecule has 0 amide bonds. The largest absolute Gasteiger partial charge is 0.380 e. The van der Waals surface area contributed by atoms with Crippen molar-refractivity contribution in [2.75, 3.05) is 18.2 Å². The minimum absolute atomic E-state index is 0.203. The quantitative estimate of drug-likeness (QED) is 0.877. The molecule has 1 aliphatic rings. The van der Waals surface area contributed by atoms with E-state index in [2.05, 4.69) is 5.32 Å². The van der Waals surface area contributed by atoms with E-state index in [0.29, 0.717) is 17.4 Å². The van der Waals surface area contributed by atoms with Gasteiger partial charge in [-0.3, -0.25) is 0 Å². The fourth-order valence-corrected chi connectivity index (χ4v) is 4.06. The van der Waals surface area contributed by atoms with Crippen LogP contribution >= 0.6 is 0 Å². The Balaban J connectivity index is 2.05. The van der Waals surface area contributed by atoms with Gasteiger partial charge in [0.1, 0.15) is 0 Å². The number of rotatable bonds is 6. The Bertz CT molecular complexity index is 525. The molecule has 0 bridgehead atoms. The Morgan fingerprint density at radius 3 is 2.55 bits per heavy atom. The molecule has 112 valence electrons. The molecule has 1 aromatic carbocycles. The zero-order chi connectivity index (χ0) is 14.6. The number of nitrogens with one attached hydrogen (secondary N) is 1. The maximum absolute atomic E-state index is 11.9. The van der Waals surface area contributed by atoms with Gasteiger partial charge in [0.25, 0.3) is 0 Å². The maximum Gasteiger partial charge on any atom is 0.178 e. The van der Waals surface area contributed by atoms with E-state index in [4.69, 9.17) is 4.74 Å². The SMILES string of the molecule is CCCS(=O)(=O)c1ccc(NC2CCCC2OC)cc1. The Labute approximate surface area is 121 Å². The second-order valence-electron chi connectivity index (χ2n) is 5.30. The highest BCUT2D eigenvalue weighted by Crippen LogP contribution is 2.25. The lowest BCUT2D eigenvalue weighted by molar-refractivity contribution is 0.101. The standard InChI is InChI=1S/C15H23NO3S/c1-3-11-20(17,18)13-9-7-12(8-10-13)16-14-5-4-6-15(14)19-2/h7-10,14-16H,3-6,11H2,1-2H3. The average Bonchev–Trinajstić information content (AvgIpc) is 2.86. The summed E-state index contributed by atoms with van der Waals surface area (Å²) in [6.45, 7) is 1.87. The van der Waals surface area contributed by atoms with Crippen LogP contribution in [-0.4, -0.2) is 33.4 Å². The van der Waals surface area contributed by atoms with Gasteiger partial charge >= 0.3 is 0 Å². The Morgan fingerprint density at radius 2 is 1.95 bits per heavy atom. The van der Waals surface area contributed by atoms with Crippen LogP contribution in [0.5, 0.6) is 0 Å². The third-order valence-corrected chi connectivity index (χ3v) is 5.73. The molecule has 1 N–H and O–H groups in total. The number of anilines is 1. The fraction of sp³-hybridized carbons (Fsp3) is 0.600. The van der Waals surface area contributed by atoms with Gasteiger partial charge < -0.3 is 10.1 Å². The lowest BCUT2D eigenvalue weighted by Gasteiger charge is -2.20. The maximum atomic E-state index is 11.9. The van der Waals surface area contributed by atoms with Crippen molar-refractivity contribution in [1.82, 2.24) is 0 Å². The Kier molecular flexibility index (Phi) is 5.05. The van der Waals surface area contributed by atoms with Gasteiger partial charge in [-0.25, -0.2) is 8.42 Å². The van der Waals surface area contributed by atoms with Crippen LogP contribution in [0.2, 0.25) is 0 Å². The van der Waals surface area contributed by atoms with Gasteiger partial charge in [0.15, 0.2) is 9.84 Å². The summed E-state index contributed by atoms with van der Waals surface area (Å²) in [5.74, 6) is 0.203. The molecule has 0 saturated heterocycles. The van der Waals surface area contributed by atoms with Crippen LogP contribution in [0.15, 0.2) is 29.2 Å². The third kappa shape index (κ3) is 3.52. The van der Waals surface area contributed by atoms with E-state index < -0.39 is 9.84 Å². The van der Waals surface area contributed by atoms with Gasteiger partial charge in [0, 0.05) is 12.8 Å². The molecule has 1 fully saturated rings. The number of ether oxygens (including phenoxy) is 1. The molecule has 20 heavy (non-hydrogen) atoms. The summed E-state index contributed by atoms with van der Waals surface area (Å²) in [5.41, 5.74) is 0.953. The summed E-state index contributed by atoms with van der Waals surface area (Å²) in [6.07, 6.45) is 4.23. The second kappa shape index (κ2) is 6.59. The fourth-order valence-electron chi connectivity index (χ4n) is 2.73. The lowest BCUT2D eigenvalue weighted by atomic mass is 10.2. The van der Waals surface area contributed by atoms with E-state index in [-0.39, 0.29) is 11.9 Å². The summed E-state index contributed by atoms with van der Waals surface area (Å²) in [4.78, 5) is 0.402. The molecule has 0 radical (unpaired) electrons. The first kappa shape index (κ1) is 15.3. The van der Waals surface area contributed by atoms with Gasteiger partial charge in [-0.1, -0.05) is 6.92 Å². The summed E-state index contributed by atoms with van der Waals surface area (Å²) >= 11 is 0. The van der Waals surface area contributed by atoms with Gasteiger partial charge in [-0.15, -0.1) is 0 Å². The van der Waals surface area contributed by atoms with Crippen molar-refractivity contribution in [3.05, 3.63) is 24.3 Å². The monoisotopic (exact) mass is 297 g/mol. The van der Waals surface area contributed by atoms with Crippen molar-refractivity contribution < 1.29 is 13.2 Å². The minimum Gasteiger partial charge on any atom is -0.380 e. The molecule has 2 unspecified atom stereocenters. The first-order valence-electron chi connectivity index (χ1n) is 7.19. The van der Waals surface area contributed by atoms with Crippen molar-refractivity contribution in [3.8, 4) is 0 Å². The predicted octanol–water partition coefficient (Wildman–Crippen LogP) is 2.85. The highest BCUT2D eigenvalue weighted by atomic mass is 32.2. The van der Waals surface area contributed by atoms with E-state index in [9.17, 15) is 8.42 Å². The van der Waals surface area contributed by atoms with E-state index in [0.717, 1.165) is 18.5 Å². The summed E-state index contributed by atoms with van der Waals surface area (Å²) in [5, 5.41) is 3.43. The average molecular weight is 297 g/mol. The molecule has 1 saturated carbocycles. The lowest BCUT2D eigenvalue weighted by Crippen LogP contribution is -2.29. The smallest absolute Gasteiger partial charge is 0.178 e. The molecular formula is C15H23NO3S. The van der Waals surface area contributed by atoms with Crippen LogP contribution in [0, 0.1) is 0 Å². The Morgan fingerprint density at radius 1 is 1.25 bits per heavy atom. The molecule has 2 rings (SSSR count). The van der Waals surface area contributed by atoms with Crippen LogP contribution in [0.25, 0.3) is 0 Å². The first-order valence-corrected chi connectivity index (χ1v) is 8.84. The molecule has 0 spiro atoms. The number of benzene rings is 1. The number of sulfone groups is 1. The topological polar surface area (TPSA) is 55.4 Å². The highest BCUT2D eigenvalue weighted by Gasteiger charge is 2.26. The van der Waals surface area contributed by atoms with Crippen molar-refractivity contribution in [1.29, 1.82) is 0 Å². The van der Waals surface area contributed by atoms with Crippen LogP contribution in [0.4, 0.5) is 5.69 Å². The molecule has 1 aromatic rings. The Hall–Kier alpha value is -1.07. The van der Waals surface area contributed by atoms with E-state index >= 15 is 0 Å². The van der Waals surface area contributed by atoms with Crippen LogP contribution < -0.4 is 5.32 Å². The second-order valence-corrected chi connectivity index (χ2v) is 7.41. The van der Waals surface area contributed by atoms with Gasteiger partial charge in [-0.2, -0.15) is 0 Å². The molecule has 0 aliphatic heterocycles. The van der Waals surface area contributed by atoms with Gasteiger partial charge in [0.05, 0.1) is 22.8 Å². The van der Waals surface area contributed by atoms with E-state index in [1.807, 2.05) is 19.1 Å². The molecule has 5 heteroatoms. The predicted molar refractivity (Wildman–Crippen MR) is 80.8 cm³/mol. The summed E-state index contributed by atoms with van der Waals surface area (Å²) in [7, 11) is -1.38. The van der Waals surface area contributed by atoms with Crippen molar-refractivity contribution in [3.63, 3.8) is 0 Å². The zero-order valence-electron chi connectivity index (χ0n) is 12.1. The molecule has 0 heterocycles. The summed E-state index contributed by atoms with van der Waals surface area (Å²) in [6, 6.07) is 7.37. The van der Waals surface area contributed by atoms with Gasteiger partial charge in [0.2, 0.25) is 0 Å². The van der Waals surface area contributed by atoms with Crippen LogP contribution in [0.1, 0.15) is 32.6 Å². The van der Waals surface area contributed by atoms with Gasteiger partial charge in [-0.05, 0) is 49.9 Å². The van der Waals surface area contributed by atoms with Crippen molar-refractivity contribution >= 4 is 15.5 Å². The summed E-state index contributed by atoms with van der Waals surface area (Å²) < 4.78 is 29.3. The number of methoxy groups -OCH3 is 1. The molecule has 1 aliphatic carbocycles. The first-order chi connectivity index (χ1) is 9.56. The van der Waals surface area contributed by atoms with Crippen LogP contribution in [-0.2, 0) is 14.6 Å². The van der Waals surface area contributed by atoms with E-state index in [1.54, 1.807) is 19.2 Å². The molecule has 0 aromatic heterocycles. The molecule has 2 atom stereocenters. The number of hydrogen-bond donors (Lipinski definition) is 1.